The second-order valence-electron chi connectivity index (χ2n) is 6.21. The van der Waals surface area contributed by atoms with Crippen molar-refractivity contribution in [2.45, 2.75) is 26.7 Å². The molecule has 3 rings (SSSR count). The molecule has 1 aromatic carbocycles. The number of pyridine rings is 1. The number of ether oxygens (including phenoxy) is 2. The first-order chi connectivity index (χ1) is 12.7. The molecule has 6 nitrogen and oxygen atoms in total. The van der Waals surface area contributed by atoms with E-state index >= 15 is 0 Å². The second-order valence-corrected chi connectivity index (χ2v) is 6.21. The maximum Gasteiger partial charge on any atom is 0.254 e. The highest BCUT2D eigenvalue weighted by molar-refractivity contribution is 5.95. The van der Waals surface area contributed by atoms with E-state index < -0.39 is 0 Å². The third kappa shape index (κ3) is 4.25. The van der Waals surface area contributed by atoms with E-state index in [0.717, 1.165) is 37.4 Å². The van der Waals surface area contributed by atoms with Gasteiger partial charge in [-0.15, -0.1) is 0 Å². The predicted molar refractivity (Wildman–Crippen MR) is 101 cm³/mol. The number of carbonyl (C=O) groups is 1. The first-order valence-electron chi connectivity index (χ1n) is 9.13. The Morgan fingerprint density at radius 3 is 2.54 bits per heavy atom. The minimum absolute atomic E-state index is 0.0429. The van der Waals surface area contributed by atoms with Crippen molar-refractivity contribution in [3.8, 4) is 11.5 Å². The Hall–Kier alpha value is -2.76. The number of anilines is 2. The van der Waals surface area contributed by atoms with Crippen LogP contribution in [0.4, 0.5) is 11.5 Å². The maximum atomic E-state index is 12.8. The molecule has 1 amide bonds. The quantitative estimate of drug-likeness (QED) is 0.817. The molecule has 0 fully saturated rings. The van der Waals surface area contributed by atoms with E-state index in [9.17, 15) is 4.79 Å². The van der Waals surface area contributed by atoms with Crippen LogP contribution in [0.5, 0.6) is 11.5 Å². The Bertz CT molecular complexity index is 758. The van der Waals surface area contributed by atoms with Gasteiger partial charge in [0.1, 0.15) is 19.0 Å². The number of carbonyl (C=O) groups excluding carboxylic acids is 1. The molecular formula is C20H25N3O3. The van der Waals surface area contributed by atoms with Gasteiger partial charge in [0.05, 0.1) is 0 Å². The fourth-order valence-electron chi connectivity index (χ4n) is 2.94. The summed E-state index contributed by atoms with van der Waals surface area (Å²) in [6, 6.07) is 9.21. The Kier molecular flexibility index (Phi) is 5.94. The van der Waals surface area contributed by atoms with E-state index in [1.807, 2.05) is 23.1 Å². The lowest BCUT2D eigenvalue weighted by Gasteiger charge is -2.22. The number of hydrogen-bond acceptors (Lipinski definition) is 5. The third-order valence-electron chi connectivity index (χ3n) is 4.10. The Balaban J connectivity index is 1.75. The topological polar surface area (TPSA) is 63.7 Å². The van der Waals surface area contributed by atoms with Crippen molar-refractivity contribution in [2.75, 3.05) is 31.6 Å². The van der Waals surface area contributed by atoms with Crippen LogP contribution in [0.15, 0.2) is 36.5 Å². The Morgan fingerprint density at radius 2 is 1.81 bits per heavy atom. The zero-order valence-corrected chi connectivity index (χ0v) is 15.3. The Morgan fingerprint density at radius 1 is 1.08 bits per heavy atom. The molecule has 0 radical (unpaired) electrons. The lowest BCUT2D eigenvalue weighted by molar-refractivity contribution is 0.0755. The molecular weight excluding hydrogens is 330 g/mol. The number of nitrogens with zero attached hydrogens (tertiary/aromatic N) is 2. The van der Waals surface area contributed by atoms with Crippen molar-refractivity contribution in [2.24, 2.45) is 0 Å². The first kappa shape index (κ1) is 18.0. The van der Waals surface area contributed by atoms with Gasteiger partial charge in [-0.25, -0.2) is 4.98 Å². The van der Waals surface area contributed by atoms with E-state index in [0.29, 0.717) is 30.3 Å². The van der Waals surface area contributed by atoms with Gasteiger partial charge in [-0.3, -0.25) is 4.79 Å². The normalized spacial score (nSPS) is 12.5. The average molecular weight is 355 g/mol. The minimum Gasteiger partial charge on any atom is -0.486 e. The zero-order valence-electron chi connectivity index (χ0n) is 15.3. The standard InChI is InChI=1S/C20H25N3O3/c1-3-9-23(10-4-2)20(24)15-7-8-21-19(13-15)22-16-5-6-17-18(14-16)26-12-11-25-17/h5-8,13-14H,3-4,9-12H2,1-2H3,(H,21,22). The number of nitrogens with one attached hydrogen (secondary N) is 1. The summed E-state index contributed by atoms with van der Waals surface area (Å²) in [6.45, 7) is 6.80. The van der Waals surface area contributed by atoms with Gasteiger partial charge >= 0.3 is 0 Å². The highest BCUT2D eigenvalue weighted by atomic mass is 16.6. The van der Waals surface area contributed by atoms with E-state index in [4.69, 9.17) is 9.47 Å². The molecule has 0 bridgehead atoms. The Labute approximate surface area is 154 Å². The summed E-state index contributed by atoms with van der Waals surface area (Å²) < 4.78 is 11.1. The molecule has 138 valence electrons. The number of rotatable bonds is 7. The SMILES string of the molecule is CCCN(CCC)C(=O)c1ccnc(Nc2ccc3c(c2)OCCO3)c1. The second kappa shape index (κ2) is 8.56. The highest BCUT2D eigenvalue weighted by Gasteiger charge is 2.16. The van der Waals surface area contributed by atoms with Crippen molar-refractivity contribution in [1.29, 1.82) is 0 Å². The molecule has 2 heterocycles. The maximum absolute atomic E-state index is 12.8. The fraction of sp³-hybridized carbons (Fsp3) is 0.400. The number of fused-ring (bicyclic) bond motifs is 1. The molecule has 0 atom stereocenters. The molecule has 1 aromatic heterocycles. The molecule has 1 N–H and O–H groups in total. The van der Waals surface area contributed by atoms with Crippen LogP contribution in [-0.4, -0.2) is 42.1 Å². The van der Waals surface area contributed by atoms with Gasteiger partial charge in [0, 0.05) is 36.6 Å². The monoisotopic (exact) mass is 355 g/mol. The van der Waals surface area contributed by atoms with Gasteiger partial charge < -0.3 is 19.7 Å². The van der Waals surface area contributed by atoms with E-state index in [1.165, 1.54) is 0 Å². The van der Waals surface area contributed by atoms with Crippen molar-refractivity contribution >= 4 is 17.4 Å². The van der Waals surface area contributed by atoms with Gasteiger partial charge in [0.25, 0.3) is 5.91 Å². The van der Waals surface area contributed by atoms with Gasteiger partial charge in [-0.1, -0.05) is 13.8 Å². The van der Waals surface area contributed by atoms with Crippen molar-refractivity contribution in [3.63, 3.8) is 0 Å². The molecule has 0 unspecified atom stereocenters. The predicted octanol–water partition coefficient (Wildman–Crippen LogP) is 3.86. The molecule has 26 heavy (non-hydrogen) atoms. The molecule has 1 aliphatic heterocycles. The summed E-state index contributed by atoms with van der Waals surface area (Å²) >= 11 is 0. The van der Waals surface area contributed by atoms with Crippen LogP contribution in [0.25, 0.3) is 0 Å². The van der Waals surface area contributed by atoms with Crippen LogP contribution in [0.3, 0.4) is 0 Å². The van der Waals surface area contributed by atoms with Gasteiger partial charge in [-0.2, -0.15) is 0 Å². The number of amides is 1. The van der Waals surface area contributed by atoms with Crippen LogP contribution in [0.1, 0.15) is 37.0 Å². The van der Waals surface area contributed by atoms with Gasteiger partial charge in [-0.05, 0) is 37.1 Å². The van der Waals surface area contributed by atoms with Gasteiger partial charge in [0.15, 0.2) is 11.5 Å². The number of aromatic nitrogens is 1. The summed E-state index contributed by atoms with van der Waals surface area (Å²) in [5.74, 6) is 2.13. The van der Waals surface area contributed by atoms with E-state index in [1.54, 1.807) is 18.3 Å². The summed E-state index contributed by atoms with van der Waals surface area (Å²) in [6.07, 6.45) is 3.54. The van der Waals surface area contributed by atoms with Crippen LogP contribution in [0, 0.1) is 0 Å². The van der Waals surface area contributed by atoms with E-state index in [2.05, 4.69) is 24.1 Å². The first-order valence-corrected chi connectivity index (χ1v) is 9.13. The smallest absolute Gasteiger partial charge is 0.254 e. The third-order valence-corrected chi connectivity index (χ3v) is 4.10. The number of hydrogen-bond donors (Lipinski definition) is 1. The largest absolute Gasteiger partial charge is 0.486 e. The summed E-state index contributed by atoms with van der Waals surface area (Å²) in [4.78, 5) is 19.0. The molecule has 2 aromatic rings. The summed E-state index contributed by atoms with van der Waals surface area (Å²) in [7, 11) is 0. The van der Waals surface area contributed by atoms with Crippen LogP contribution >= 0.6 is 0 Å². The molecule has 0 spiro atoms. The molecule has 0 aliphatic carbocycles. The highest BCUT2D eigenvalue weighted by Crippen LogP contribution is 2.33. The van der Waals surface area contributed by atoms with Crippen LogP contribution < -0.4 is 14.8 Å². The van der Waals surface area contributed by atoms with Crippen LogP contribution in [-0.2, 0) is 0 Å². The zero-order chi connectivity index (χ0) is 18.4. The number of benzene rings is 1. The minimum atomic E-state index is 0.0429. The van der Waals surface area contributed by atoms with E-state index in [-0.39, 0.29) is 5.91 Å². The molecule has 6 heteroatoms. The molecule has 0 saturated carbocycles. The van der Waals surface area contributed by atoms with Gasteiger partial charge in [0.2, 0.25) is 0 Å². The molecule has 0 saturated heterocycles. The lowest BCUT2D eigenvalue weighted by Crippen LogP contribution is -2.32. The van der Waals surface area contributed by atoms with Crippen molar-refractivity contribution < 1.29 is 14.3 Å². The summed E-state index contributed by atoms with van der Waals surface area (Å²) in [5, 5.41) is 3.23. The summed E-state index contributed by atoms with van der Waals surface area (Å²) in [5.41, 5.74) is 1.48. The average Bonchev–Trinajstić information content (AvgIpc) is 2.67. The fourth-order valence-corrected chi connectivity index (χ4v) is 2.94. The lowest BCUT2D eigenvalue weighted by atomic mass is 10.2. The van der Waals surface area contributed by atoms with Crippen molar-refractivity contribution in [3.05, 3.63) is 42.1 Å². The molecule has 1 aliphatic rings. The van der Waals surface area contributed by atoms with Crippen molar-refractivity contribution in [1.82, 2.24) is 9.88 Å². The van der Waals surface area contributed by atoms with Crippen LogP contribution in [0.2, 0.25) is 0 Å².